The molecule has 3 unspecified atom stereocenters. The van der Waals surface area contributed by atoms with Crippen LogP contribution >= 0.6 is 0 Å². The molecule has 0 aromatic carbocycles. The van der Waals surface area contributed by atoms with Crippen LogP contribution < -0.4 is 5.32 Å². The minimum atomic E-state index is 0.456. The van der Waals surface area contributed by atoms with E-state index in [4.69, 9.17) is 4.52 Å². The average molecular weight is 249 g/mol. The summed E-state index contributed by atoms with van der Waals surface area (Å²) in [5, 5.41) is 7.35. The molecule has 1 N–H and O–H groups in total. The maximum Gasteiger partial charge on any atom is 0.226 e. The molecule has 1 heterocycles. The van der Waals surface area contributed by atoms with E-state index >= 15 is 0 Å². The van der Waals surface area contributed by atoms with E-state index in [9.17, 15) is 0 Å². The van der Waals surface area contributed by atoms with Crippen molar-refractivity contribution in [2.24, 2.45) is 17.8 Å². The molecule has 2 aliphatic rings. The lowest BCUT2D eigenvalue weighted by atomic mass is 9.86. The molecule has 1 aromatic heterocycles. The third-order valence-electron chi connectivity index (χ3n) is 4.50. The van der Waals surface area contributed by atoms with E-state index < -0.39 is 0 Å². The third kappa shape index (κ3) is 2.58. The summed E-state index contributed by atoms with van der Waals surface area (Å²) < 4.78 is 5.37. The first-order valence-corrected chi connectivity index (χ1v) is 7.25. The Hall–Kier alpha value is -0.900. The fourth-order valence-electron chi connectivity index (χ4n) is 3.59. The van der Waals surface area contributed by atoms with E-state index in [2.05, 4.69) is 29.3 Å². The fraction of sp³-hybridized carbons (Fsp3) is 0.857. The second-order valence-corrected chi connectivity index (χ2v) is 6.28. The van der Waals surface area contributed by atoms with Crippen LogP contribution in [-0.2, 0) is 13.0 Å². The van der Waals surface area contributed by atoms with E-state index in [1.807, 2.05) is 0 Å². The lowest BCUT2D eigenvalue weighted by molar-refractivity contribution is 0.287. The van der Waals surface area contributed by atoms with Gasteiger partial charge in [0.25, 0.3) is 0 Å². The molecule has 2 saturated carbocycles. The molecule has 2 bridgehead atoms. The van der Waals surface area contributed by atoms with Crippen molar-refractivity contribution < 1.29 is 4.52 Å². The van der Waals surface area contributed by atoms with Crippen LogP contribution in [0.1, 0.15) is 51.2 Å². The molecule has 2 fully saturated rings. The minimum absolute atomic E-state index is 0.456. The predicted molar refractivity (Wildman–Crippen MR) is 68.9 cm³/mol. The first kappa shape index (κ1) is 12.2. The van der Waals surface area contributed by atoms with Gasteiger partial charge in [-0.2, -0.15) is 4.98 Å². The summed E-state index contributed by atoms with van der Waals surface area (Å²) in [5.41, 5.74) is 0. The largest absolute Gasteiger partial charge is 0.339 e. The van der Waals surface area contributed by atoms with Gasteiger partial charge in [-0.05, 0) is 37.0 Å². The molecule has 0 aliphatic heterocycles. The van der Waals surface area contributed by atoms with Crippen molar-refractivity contribution in [1.82, 2.24) is 15.5 Å². The van der Waals surface area contributed by atoms with Crippen LogP contribution in [0, 0.1) is 17.8 Å². The van der Waals surface area contributed by atoms with Crippen LogP contribution in [0.15, 0.2) is 4.52 Å². The lowest BCUT2D eigenvalue weighted by Crippen LogP contribution is -2.22. The highest BCUT2D eigenvalue weighted by Gasteiger charge is 2.39. The number of aromatic nitrogens is 2. The number of fused-ring (bicyclic) bond motifs is 2. The Morgan fingerprint density at radius 1 is 1.33 bits per heavy atom. The van der Waals surface area contributed by atoms with Gasteiger partial charge in [0, 0.05) is 12.5 Å². The van der Waals surface area contributed by atoms with Gasteiger partial charge in [0.05, 0.1) is 6.54 Å². The van der Waals surface area contributed by atoms with Crippen molar-refractivity contribution in [3.63, 3.8) is 0 Å². The highest BCUT2D eigenvalue weighted by Crippen LogP contribution is 2.49. The van der Waals surface area contributed by atoms with Crippen molar-refractivity contribution in [3.8, 4) is 0 Å². The summed E-state index contributed by atoms with van der Waals surface area (Å²) in [6, 6.07) is 0.456. The SMILES string of the molecule is CC(C)NCc1noc(CC2CC3CCC2C3)n1. The van der Waals surface area contributed by atoms with Gasteiger partial charge in [-0.25, -0.2) is 0 Å². The van der Waals surface area contributed by atoms with Crippen LogP contribution in [0.25, 0.3) is 0 Å². The van der Waals surface area contributed by atoms with Crippen molar-refractivity contribution in [1.29, 1.82) is 0 Å². The summed E-state index contributed by atoms with van der Waals surface area (Å²) in [6.07, 6.45) is 6.70. The normalized spacial score (nSPS) is 30.5. The summed E-state index contributed by atoms with van der Waals surface area (Å²) in [4.78, 5) is 4.49. The first-order valence-electron chi connectivity index (χ1n) is 7.25. The summed E-state index contributed by atoms with van der Waals surface area (Å²) in [6.45, 7) is 4.95. The Bertz CT molecular complexity index is 401. The van der Waals surface area contributed by atoms with Crippen molar-refractivity contribution in [2.45, 2.75) is 58.5 Å². The molecule has 2 aliphatic carbocycles. The Balaban J connectivity index is 1.54. The molecular weight excluding hydrogens is 226 g/mol. The zero-order valence-corrected chi connectivity index (χ0v) is 11.4. The Morgan fingerprint density at radius 3 is 2.89 bits per heavy atom. The van der Waals surface area contributed by atoms with Gasteiger partial charge < -0.3 is 9.84 Å². The Labute approximate surface area is 109 Å². The second-order valence-electron chi connectivity index (χ2n) is 6.28. The number of rotatable bonds is 5. The lowest BCUT2D eigenvalue weighted by Gasteiger charge is -2.19. The molecule has 18 heavy (non-hydrogen) atoms. The van der Waals surface area contributed by atoms with Gasteiger partial charge in [0.1, 0.15) is 0 Å². The summed E-state index contributed by atoms with van der Waals surface area (Å²) >= 11 is 0. The number of hydrogen-bond donors (Lipinski definition) is 1. The van der Waals surface area contributed by atoms with Crippen molar-refractivity contribution >= 4 is 0 Å². The van der Waals surface area contributed by atoms with Gasteiger partial charge in [0.15, 0.2) is 5.82 Å². The molecule has 0 amide bonds. The molecule has 4 heteroatoms. The Morgan fingerprint density at radius 2 is 2.22 bits per heavy atom. The van der Waals surface area contributed by atoms with E-state index in [-0.39, 0.29) is 0 Å². The van der Waals surface area contributed by atoms with Crippen LogP contribution in [-0.4, -0.2) is 16.2 Å². The smallest absolute Gasteiger partial charge is 0.226 e. The monoisotopic (exact) mass is 249 g/mol. The Kier molecular flexibility index (Phi) is 3.37. The molecule has 1 aromatic rings. The minimum Gasteiger partial charge on any atom is -0.339 e. The van der Waals surface area contributed by atoms with Gasteiger partial charge in [0.2, 0.25) is 5.89 Å². The molecule has 3 atom stereocenters. The number of hydrogen-bond acceptors (Lipinski definition) is 4. The average Bonchev–Trinajstić information content (AvgIpc) is 3.02. The maximum atomic E-state index is 5.37. The van der Waals surface area contributed by atoms with E-state index in [1.165, 1.54) is 25.7 Å². The second kappa shape index (κ2) is 5.00. The number of nitrogens with one attached hydrogen (secondary N) is 1. The van der Waals surface area contributed by atoms with Crippen LogP contribution in [0.3, 0.4) is 0 Å². The quantitative estimate of drug-likeness (QED) is 0.871. The molecule has 3 rings (SSSR count). The summed E-state index contributed by atoms with van der Waals surface area (Å²) in [7, 11) is 0. The van der Waals surface area contributed by atoms with E-state index in [0.29, 0.717) is 12.6 Å². The van der Waals surface area contributed by atoms with Crippen LogP contribution in [0.4, 0.5) is 0 Å². The van der Waals surface area contributed by atoms with E-state index in [0.717, 1.165) is 35.9 Å². The van der Waals surface area contributed by atoms with Crippen molar-refractivity contribution in [2.75, 3.05) is 0 Å². The third-order valence-corrected chi connectivity index (χ3v) is 4.50. The van der Waals surface area contributed by atoms with Gasteiger partial charge in [-0.1, -0.05) is 25.4 Å². The first-order chi connectivity index (χ1) is 8.70. The highest BCUT2D eigenvalue weighted by atomic mass is 16.5. The molecule has 0 saturated heterocycles. The topological polar surface area (TPSA) is 51.0 Å². The predicted octanol–water partition coefficient (Wildman–Crippen LogP) is 2.55. The van der Waals surface area contributed by atoms with Crippen molar-refractivity contribution in [3.05, 3.63) is 11.7 Å². The molecule has 0 spiro atoms. The fourth-order valence-corrected chi connectivity index (χ4v) is 3.59. The molecular formula is C14H23N3O. The standard InChI is InChI=1S/C14H23N3O/c1-9(2)15-8-13-16-14(18-17-13)7-12-6-10-3-4-11(12)5-10/h9-12,15H,3-8H2,1-2H3. The highest BCUT2D eigenvalue weighted by molar-refractivity contribution is 4.95. The van der Waals surface area contributed by atoms with Gasteiger partial charge in [-0.15, -0.1) is 0 Å². The summed E-state index contributed by atoms with van der Waals surface area (Å²) in [5.74, 6) is 4.36. The number of nitrogens with zero attached hydrogens (tertiary/aromatic N) is 2. The van der Waals surface area contributed by atoms with Gasteiger partial charge in [-0.3, -0.25) is 0 Å². The van der Waals surface area contributed by atoms with Gasteiger partial charge >= 0.3 is 0 Å². The molecule has 4 nitrogen and oxygen atoms in total. The molecule has 100 valence electrons. The van der Waals surface area contributed by atoms with Crippen LogP contribution in [0.2, 0.25) is 0 Å². The zero-order valence-electron chi connectivity index (χ0n) is 11.4. The maximum absolute atomic E-state index is 5.37. The zero-order chi connectivity index (χ0) is 12.5. The van der Waals surface area contributed by atoms with Crippen LogP contribution in [0.5, 0.6) is 0 Å². The molecule has 0 radical (unpaired) electrons. The van der Waals surface area contributed by atoms with E-state index in [1.54, 1.807) is 0 Å².